The van der Waals surface area contributed by atoms with Crippen LogP contribution >= 0.6 is 0 Å². The third kappa shape index (κ3) is 3.44. The van der Waals surface area contributed by atoms with E-state index in [1.54, 1.807) is 7.11 Å². The topological polar surface area (TPSA) is 81.7 Å². The minimum absolute atomic E-state index is 0.102. The Hall–Kier alpha value is -2.60. The van der Waals surface area contributed by atoms with Gasteiger partial charge in [-0.1, -0.05) is 0 Å². The molecule has 2 heterocycles. The Morgan fingerprint density at radius 1 is 1.14 bits per heavy atom. The predicted octanol–water partition coefficient (Wildman–Crippen LogP) is 3.42. The van der Waals surface area contributed by atoms with E-state index in [0.717, 1.165) is 46.9 Å². The van der Waals surface area contributed by atoms with Crippen LogP contribution in [0.5, 0.6) is 0 Å². The van der Waals surface area contributed by atoms with Gasteiger partial charge in [0.15, 0.2) is 0 Å². The van der Waals surface area contributed by atoms with Crippen LogP contribution in [0.15, 0.2) is 25.8 Å². The summed E-state index contributed by atoms with van der Waals surface area (Å²) in [4.78, 5) is 24.5. The number of nitrogens with one attached hydrogen (secondary N) is 1. The van der Waals surface area contributed by atoms with E-state index in [-0.39, 0.29) is 18.0 Å². The number of furan rings is 1. The van der Waals surface area contributed by atoms with E-state index >= 15 is 0 Å². The zero-order chi connectivity index (χ0) is 19.7. The van der Waals surface area contributed by atoms with Gasteiger partial charge in [-0.05, 0) is 44.2 Å². The minimum Gasteiger partial charge on any atom is -0.461 e. The number of amides is 1. The smallest absolute Gasteiger partial charge is 0.339 e. The van der Waals surface area contributed by atoms with Crippen molar-refractivity contribution in [2.75, 3.05) is 20.3 Å². The lowest BCUT2D eigenvalue weighted by Gasteiger charge is -2.10. The van der Waals surface area contributed by atoms with Gasteiger partial charge in [-0.25, -0.2) is 4.79 Å². The zero-order valence-electron chi connectivity index (χ0n) is 16.4. The number of ether oxygens (including phenoxy) is 1. The lowest BCUT2D eigenvalue weighted by atomic mass is 9.94. The first-order valence-electron chi connectivity index (χ1n) is 9.84. The molecule has 28 heavy (non-hydrogen) atoms. The standard InChI is InChI=1S/C22H25NO5/c1-13-14(7-8-21(24)23-9-10-26-2)22(25)28-19-12-20-17(11-16(13)19)15-5-3-4-6-18(15)27-20/h11-12H,3-10H2,1-2H3,(H,23,24). The van der Waals surface area contributed by atoms with Gasteiger partial charge in [-0.2, -0.15) is 0 Å². The van der Waals surface area contributed by atoms with Gasteiger partial charge in [0.25, 0.3) is 0 Å². The average molecular weight is 383 g/mol. The molecule has 1 amide bonds. The van der Waals surface area contributed by atoms with Crippen molar-refractivity contribution >= 4 is 27.8 Å². The van der Waals surface area contributed by atoms with Crippen molar-refractivity contribution in [1.29, 1.82) is 0 Å². The van der Waals surface area contributed by atoms with Gasteiger partial charge in [0.2, 0.25) is 5.91 Å². The number of hydrogen-bond acceptors (Lipinski definition) is 5. The second-order valence-corrected chi connectivity index (χ2v) is 7.39. The van der Waals surface area contributed by atoms with E-state index in [1.165, 1.54) is 12.0 Å². The summed E-state index contributed by atoms with van der Waals surface area (Å²) in [5.74, 6) is 0.958. The molecule has 6 heteroatoms. The molecule has 0 unspecified atom stereocenters. The SMILES string of the molecule is COCCNC(=O)CCc1c(C)c2cc3c4c(oc3cc2oc1=O)CCCC4. The molecular formula is C22H25NO5. The number of fused-ring (bicyclic) bond motifs is 4. The van der Waals surface area contributed by atoms with Crippen LogP contribution in [-0.2, 0) is 28.8 Å². The van der Waals surface area contributed by atoms with Gasteiger partial charge in [-0.15, -0.1) is 0 Å². The molecule has 0 atom stereocenters. The van der Waals surface area contributed by atoms with E-state index in [1.807, 2.05) is 13.0 Å². The van der Waals surface area contributed by atoms with Crippen molar-refractivity contribution < 1.29 is 18.4 Å². The normalized spacial score (nSPS) is 13.8. The van der Waals surface area contributed by atoms with Crippen LogP contribution in [0.3, 0.4) is 0 Å². The van der Waals surface area contributed by atoms with Crippen LogP contribution < -0.4 is 10.9 Å². The van der Waals surface area contributed by atoms with Crippen LogP contribution in [0.2, 0.25) is 0 Å². The Morgan fingerprint density at radius 3 is 2.75 bits per heavy atom. The number of carbonyl (C=O) groups is 1. The maximum absolute atomic E-state index is 12.5. The Balaban J connectivity index is 1.67. The number of carbonyl (C=O) groups excluding carboxylic acids is 1. The molecule has 1 N–H and O–H groups in total. The van der Waals surface area contributed by atoms with Crippen LogP contribution in [-0.4, -0.2) is 26.2 Å². The summed E-state index contributed by atoms with van der Waals surface area (Å²) in [5.41, 5.74) is 3.66. The molecule has 0 fully saturated rings. The highest BCUT2D eigenvalue weighted by molar-refractivity contribution is 5.97. The summed E-state index contributed by atoms with van der Waals surface area (Å²) < 4.78 is 16.5. The van der Waals surface area contributed by atoms with E-state index < -0.39 is 0 Å². The first kappa shape index (κ1) is 18.7. The lowest BCUT2D eigenvalue weighted by molar-refractivity contribution is -0.121. The second-order valence-electron chi connectivity index (χ2n) is 7.39. The summed E-state index contributed by atoms with van der Waals surface area (Å²) in [5, 5.41) is 4.80. The molecule has 4 rings (SSSR count). The Bertz CT molecular complexity index is 1090. The van der Waals surface area contributed by atoms with E-state index in [4.69, 9.17) is 13.6 Å². The molecule has 6 nitrogen and oxygen atoms in total. The average Bonchev–Trinajstić information content (AvgIpc) is 3.04. The molecule has 3 aromatic rings. The molecule has 0 spiro atoms. The molecular weight excluding hydrogens is 358 g/mol. The van der Waals surface area contributed by atoms with Crippen molar-refractivity contribution in [2.45, 2.75) is 45.4 Å². The summed E-state index contributed by atoms with van der Waals surface area (Å²) in [6.07, 6.45) is 4.91. The summed E-state index contributed by atoms with van der Waals surface area (Å²) in [7, 11) is 1.59. The molecule has 1 aromatic carbocycles. The van der Waals surface area contributed by atoms with Gasteiger partial charge < -0.3 is 18.9 Å². The summed E-state index contributed by atoms with van der Waals surface area (Å²) in [6.45, 7) is 2.86. The molecule has 2 aromatic heterocycles. The van der Waals surface area contributed by atoms with Crippen LogP contribution in [0.25, 0.3) is 21.9 Å². The van der Waals surface area contributed by atoms with Crippen LogP contribution in [0.1, 0.15) is 41.7 Å². The molecule has 0 radical (unpaired) electrons. The summed E-state index contributed by atoms with van der Waals surface area (Å²) >= 11 is 0. The molecule has 0 aliphatic heterocycles. The highest BCUT2D eigenvalue weighted by atomic mass is 16.5. The quantitative estimate of drug-likeness (QED) is 0.521. The first-order valence-corrected chi connectivity index (χ1v) is 9.84. The highest BCUT2D eigenvalue weighted by Crippen LogP contribution is 2.35. The molecule has 0 saturated carbocycles. The maximum Gasteiger partial charge on any atom is 0.339 e. The van der Waals surface area contributed by atoms with E-state index in [2.05, 4.69) is 11.4 Å². The fourth-order valence-electron chi connectivity index (χ4n) is 4.05. The number of aryl methyl sites for hydroxylation is 3. The monoisotopic (exact) mass is 383 g/mol. The molecule has 1 aliphatic carbocycles. The molecule has 0 saturated heterocycles. The third-order valence-electron chi connectivity index (χ3n) is 5.59. The molecule has 1 aliphatic rings. The fourth-order valence-corrected chi connectivity index (χ4v) is 4.05. The second kappa shape index (κ2) is 7.80. The maximum atomic E-state index is 12.5. The van der Waals surface area contributed by atoms with Crippen LogP contribution in [0, 0.1) is 6.92 Å². The van der Waals surface area contributed by atoms with Crippen molar-refractivity contribution in [3.8, 4) is 0 Å². The van der Waals surface area contributed by atoms with Crippen molar-refractivity contribution in [3.63, 3.8) is 0 Å². The largest absolute Gasteiger partial charge is 0.461 e. The van der Waals surface area contributed by atoms with Gasteiger partial charge in [0.05, 0.1) is 6.61 Å². The van der Waals surface area contributed by atoms with E-state index in [0.29, 0.717) is 30.7 Å². The van der Waals surface area contributed by atoms with Gasteiger partial charge in [0, 0.05) is 54.5 Å². The molecule has 0 bridgehead atoms. The van der Waals surface area contributed by atoms with Gasteiger partial charge in [-0.3, -0.25) is 4.79 Å². The fraction of sp³-hybridized carbons (Fsp3) is 0.455. The van der Waals surface area contributed by atoms with E-state index in [9.17, 15) is 9.59 Å². The predicted molar refractivity (Wildman–Crippen MR) is 107 cm³/mol. The van der Waals surface area contributed by atoms with Crippen molar-refractivity contribution in [2.24, 2.45) is 0 Å². The zero-order valence-corrected chi connectivity index (χ0v) is 16.4. The third-order valence-corrected chi connectivity index (χ3v) is 5.59. The Kier molecular flexibility index (Phi) is 5.22. The van der Waals surface area contributed by atoms with Crippen LogP contribution in [0.4, 0.5) is 0 Å². The minimum atomic E-state index is -0.384. The first-order chi connectivity index (χ1) is 13.6. The van der Waals surface area contributed by atoms with Crippen molar-refractivity contribution in [1.82, 2.24) is 5.32 Å². The highest BCUT2D eigenvalue weighted by Gasteiger charge is 2.20. The molecule has 148 valence electrons. The lowest BCUT2D eigenvalue weighted by Crippen LogP contribution is -2.27. The van der Waals surface area contributed by atoms with Gasteiger partial charge >= 0.3 is 5.63 Å². The number of hydrogen-bond donors (Lipinski definition) is 1. The summed E-state index contributed by atoms with van der Waals surface area (Å²) in [6, 6.07) is 3.91. The van der Waals surface area contributed by atoms with Crippen molar-refractivity contribution in [3.05, 3.63) is 45.0 Å². The number of methoxy groups -OCH3 is 1. The number of benzene rings is 1. The van der Waals surface area contributed by atoms with Gasteiger partial charge in [0.1, 0.15) is 16.9 Å². The number of rotatable bonds is 6. The Labute approximate surface area is 162 Å². The Morgan fingerprint density at radius 2 is 1.93 bits per heavy atom.